The summed E-state index contributed by atoms with van der Waals surface area (Å²) in [5.41, 5.74) is 2.67. The molecule has 0 amide bonds. The monoisotopic (exact) mass is 420 g/mol. The molecule has 0 saturated carbocycles. The highest BCUT2D eigenvalue weighted by molar-refractivity contribution is 5.73. The van der Waals surface area contributed by atoms with Crippen molar-refractivity contribution in [1.29, 1.82) is 0 Å². The largest absolute Gasteiger partial charge is 0.489 e. The van der Waals surface area contributed by atoms with E-state index in [0.29, 0.717) is 18.6 Å². The summed E-state index contributed by atoms with van der Waals surface area (Å²) in [7, 11) is 0. The molecule has 0 atom stereocenters. The molecule has 3 aromatic carbocycles. The van der Waals surface area contributed by atoms with Crippen molar-refractivity contribution in [3.63, 3.8) is 0 Å². The summed E-state index contributed by atoms with van der Waals surface area (Å²) in [6.07, 6.45) is 5.53. The Kier molecular flexibility index (Phi) is 8.65. The lowest BCUT2D eigenvalue weighted by molar-refractivity contribution is -0.134. The van der Waals surface area contributed by atoms with Crippen LogP contribution in [0.1, 0.15) is 51.0 Å². The van der Waals surface area contributed by atoms with Gasteiger partial charge in [-0.15, -0.1) is 0 Å². The zero-order chi connectivity index (χ0) is 21.9. The molecule has 0 aromatic heterocycles. The first-order valence-electron chi connectivity index (χ1n) is 10.9. The molecule has 0 radical (unpaired) electrons. The van der Waals surface area contributed by atoms with Gasteiger partial charge in [-0.05, 0) is 47.4 Å². The van der Waals surface area contributed by atoms with Gasteiger partial charge in [-0.1, -0.05) is 81.1 Å². The predicted octanol–water partition coefficient (Wildman–Crippen LogP) is 7.34. The van der Waals surface area contributed by atoms with Gasteiger partial charge in [0, 0.05) is 6.42 Å². The summed E-state index contributed by atoms with van der Waals surface area (Å²) < 4.78 is 25.5. The average Bonchev–Trinajstić information content (AvgIpc) is 2.80. The van der Waals surface area contributed by atoms with Crippen LogP contribution in [0.2, 0.25) is 0 Å². The zero-order valence-electron chi connectivity index (χ0n) is 18.0. The highest BCUT2D eigenvalue weighted by Gasteiger charge is 2.11. The number of carbonyl (C=O) groups excluding carboxylic acids is 1. The average molecular weight is 421 g/mol. The molecular formula is C27H29FO3. The van der Waals surface area contributed by atoms with Crippen molar-refractivity contribution >= 4 is 5.97 Å². The van der Waals surface area contributed by atoms with Gasteiger partial charge in [0.2, 0.25) is 0 Å². The van der Waals surface area contributed by atoms with Crippen LogP contribution in [0.5, 0.6) is 11.5 Å². The number of carbonyl (C=O) groups is 1. The SMILES string of the molecule is CCCCCCCC(=O)Oc1ccc(-c2ccc(OCc3ccccc3)cc2)cc1F. The number of unbranched alkanes of at least 4 members (excludes halogenated alkanes) is 4. The van der Waals surface area contributed by atoms with Crippen molar-refractivity contribution in [1.82, 2.24) is 0 Å². The molecule has 0 aliphatic rings. The molecule has 0 bridgehead atoms. The fourth-order valence-corrected chi connectivity index (χ4v) is 3.29. The van der Waals surface area contributed by atoms with Crippen LogP contribution >= 0.6 is 0 Å². The molecule has 162 valence electrons. The maximum atomic E-state index is 14.5. The molecule has 0 aliphatic carbocycles. The van der Waals surface area contributed by atoms with Crippen LogP contribution in [0.15, 0.2) is 72.8 Å². The van der Waals surface area contributed by atoms with Gasteiger partial charge >= 0.3 is 5.97 Å². The zero-order valence-corrected chi connectivity index (χ0v) is 18.0. The van der Waals surface area contributed by atoms with Crippen molar-refractivity contribution in [3.8, 4) is 22.6 Å². The second-order valence-corrected chi connectivity index (χ2v) is 7.58. The summed E-state index contributed by atoms with van der Waals surface area (Å²) in [6, 6.07) is 22.1. The van der Waals surface area contributed by atoms with E-state index in [9.17, 15) is 9.18 Å². The maximum absolute atomic E-state index is 14.5. The first-order valence-corrected chi connectivity index (χ1v) is 10.9. The third kappa shape index (κ3) is 7.25. The molecule has 3 rings (SSSR count). The quantitative estimate of drug-likeness (QED) is 0.185. The Morgan fingerprint density at radius 3 is 2.26 bits per heavy atom. The van der Waals surface area contributed by atoms with Crippen LogP contribution in [0, 0.1) is 5.82 Å². The van der Waals surface area contributed by atoms with E-state index in [1.807, 2.05) is 54.6 Å². The van der Waals surface area contributed by atoms with Crippen molar-refractivity contribution in [2.75, 3.05) is 0 Å². The number of benzene rings is 3. The van der Waals surface area contributed by atoms with Crippen LogP contribution in [0.25, 0.3) is 11.1 Å². The van der Waals surface area contributed by atoms with Gasteiger partial charge < -0.3 is 9.47 Å². The summed E-state index contributed by atoms with van der Waals surface area (Å²) >= 11 is 0. The second-order valence-electron chi connectivity index (χ2n) is 7.58. The lowest BCUT2D eigenvalue weighted by Gasteiger charge is -2.09. The minimum absolute atomic E-state index is 0.0230. The fourth-order valence-electron chi connectivity index (χ4n) is 3.29. The van der Waals surface area contributed by atoms with Crippen molar-refractivity contribution in [3.05, 3.63) is 84.2 Å². The smallest absolute Gasteiger partial charge is 0.311 e. The van der Waals surface area contributed by atoms with E-state index in [1.165, 1.54) is 18.6 Å². The Labute approximate surface area is 183 Å². The van der Waals surface area contributed by atoms with Crippen LogP contribution < -0.4 is 9.47 Å². The number of halogens is 1. The number of esters is 1. The molecule has 3 aromatic rings. The molecule has 3 nitrogen and oxygen atoms in total. The summed E-state index contributed by atoms with van der Waals surface area (Å²) in [4.78, 5) is 12.0. The number of hydrogen-bond acceptors (Lipinski definition) is 3. The topological polar surface area (TPSA) is 35.5 Å². The normalized spacial score (nSPS) is 10.6. The van der Waals surface area contributed by atoms with Gasteiger partial charge in [0.15, 0.2) is 11.6 Å². The van der Waals surface area contributed by atoms with Crippen LogP contribution in [-0.2, 0) is 11.4 Å². The number of rotatable bonds is 11. The van der Waals surface area contributed by atoms with E-state index in [4.69, 9.17) is 9.47 Å². The van der Waals surface area contributed by atoms with E-state index >= 15 is 0 Å². The van der Waals surface area contributed by atoms with Crippen LogP contribution in [0.4, 0.5) is 4.39 Å². The highest BCUT2D eigenvalue weighted by atomic mass is 19.1. The lowest BCUT2D eigenvalue weighted by atomic mass is 10.1. The van der Waals surface area contributed by atoms with Gasteiger partial charge in [0.05, 0.1) is 0 Å². The summed E-state index contributed by atoms with van der Waals surface area (Å²) in [6.45, 7) is 2.64. The lowest BCUT2D eigenvalue weighted by Crippen LogP contribution is -2.08. The Bertz CT molecular complexity index is 952. The van der Waals surface area contributed by atoms with E-state index in [0.717, 1.165) is 42.6 Å². The van der Waals surface area contributed by atoms with E-state index in [-0.39, 0.29) is 11.7 Å². The third-order valence-electron chi connectivity index (χ3n) is 5.08. The van der Waals surface area contributed by atoms with Gasteiger partial charge in [-0.3, -0.25) is 4.79 Å². The minimum Gasteiger partial charge on any atom is -0.489 e. The first kappa shape index (κ1) is 22.5. The molecule has 0 N–H and O–H groups in total. The molecule has 31 heavy (non-hydrogen) atoms. The summed E-state index contributed by atoms with van der Waals surface area (Å²) in [5, 5.41) is 0. The second kappa shape index (κ2) is 11.9. The van der Waals surface area contributed by atoms with Gasteiger partial charge in [0.1, 0.15) is 12.4 Å². The molecule has 0 spiro atoms. The standard InChI is InChI=1S/C27H29FO3/c1-2-3-4-5-9-12-27(29)31-26-18-15-23(19-25(26)28)22-13-16-24(17-14-22)30-20-21-10-7-6-8-11-21/h6-8,10-11,13-19H,2-5,9,12,20H2,1H3. The Hall–Kier alpha value is -3.14. The third-order valence-corrected chi connectivity index (χ3v) is 5.08. The van der Waals surface area contributed by atoms with Gasteiger partial charge in [-0.2, -0.15) is 0 Å². The molecule has 0 unspecified atom stereocenters. The molecule has 4 heteroatoms. The van der Waals surface area contributed by atoms with Crippen LogP contribution in [0.3, 0.4) is 0 Å². The van der Waals surface area contributed by atoms with E-state index in [1.54, 1.807) is 6.07 Å². The Balaban J connectivity index is 1.53. The predicted molar refractivity (Wildman–Crippen MR) is 122 cm³/mol. The minimum atomic E-state index is -0.541. The Morgan fingerprint density at radius 1 is 0.839 bits per heavy atom. The Morgan fingerprint density at radius 2 is 1.55 bits per heavy atom. The number of ether oxygens (including phenoxy) is 2. The highest BCUT2D eigenvalue weighted by Crippen LogP contribution is 2.27. The molecule has 0 heterocycles. The first-order chi connectivity index (χ1) is 15.2. The molecule has 0 aliphatic heterocycles. The molecule has 0 fully saturated rings. The van der Waals surface area contributed by atoms with Crippen molar-refractivity contribution in [2.24, 2.45) is 0 Å². The van der Waals surface area contributed by atoms with Crippen LogP contribution in [-0.4, -0.2) is 5.97 Å². The molecular weight excluding hydrogens is 391 g/mol. The number of hydrogen-bond donors (Lipinski definition) is 0. The summed E-state index contributed by atoms with van der Waals surface area (Å²) in [5.74, 6) is -0.202. The molecule has 0 saturated heterocycles. The van der Waals surface area contributed by atoms with E-state index in [2.05, 4.69) is 6.92 Å². The van der Waals surface area contributed by atoms with Gasteiger partial charge in [-0.25, -0.2) is 4.39 Å². The van der Waals surface area contributed by atoms with E-state index < -0.39 is 5.82 Å². The van der Waals surface area contributed by atoms with Crippen molar-refractivity contribution in [2.45, 2.75) is 52.1 Å². The fraction of sp³-hybridized carbons (Fsp3) is 0.296. The maximum Gasteiger partial charge on any atom is 0.311 e. The van der Waals surface area contributed by atoms with Crippen molar-refractivity contribution < 1.29 is 18.7 Å². The van der Waals surface area contributed by atoms with Gasteiger partial charge in [0.25, 0.3) is 0 Å².